The van der Waals surface area contributed by atoms with Crippen LogP contribution in [0.5, 0.6) is 0 Å². The predicted molar refractivity (Wildman–Crippen MR) is 153 cm³/mol. The summed E-state index contributed by atoms with van der Waals surface area (Å²) in [4.78, 5) is 0. The summed E-state index contributed by atoms with van der Waals surface area (Å²) in [6.45, 7) is 13.9. The lowest BCUT2D eigenvalue weighted by Crippen LogP contribution is -2.16. The predicted octanol–water partition coefficient (Wildman–Crippen LogP) is 8.88. The molecule has 32 heavy (non-hydrogen) atoms. The maximum absolute atomic E-state index is 3.70. The first-order valence-electron chi connectivity index (χ1n) is 11.0. The monoisotopic (exact) mass is 482 g/mol. The molecule has 0 saturated carbocycles. The van der Waals surface area contributed by atoms with Crippen LogP contribution in [0.4, 0.5) is 0 Å². The van der Waals surface area contributed by atoms with E-state index in [4.69, 9.17) is 0 Å². The van der Waals surface area contributed by atoms with Crippen LogP contribution in [0.3, 0.4) is 0 Å². The molecule has 0 aliphatic rings. The van der Waals surface area contributed by atoms with Crippen LogP contribution in [-0.4, -0.2) is 16.1 Å². The minimum Gasteiger partial charge on any atom is -0.134 e. The van der Waals surface area contributed by atoms with Gasteiger partial charge in [-0.1, -0.05) is 87.5 Å². The fourth-order valence-electron chi connectivity index (χ4n) is 3.91. The summed E-state index contributed by atoms with van der Waals surface area (Å²) in [5.41, 5.74) is 9.74. The SMILES string of the molecule is C[Si](C)(C)C#Cc1c2sc3ccccc3c2c(C#C[Si](C)(C)C)c2sc3ccccc3c12. The summed E-state index contributed by atoms with van der Waals surface area (Å²) in [7, 11) is -3.06. The quantitative estimate of drug-likeness (QED) is 0.153. The molecule has 0 amide bonds. The molecular weight excluding hydrogens is 457 g/mol. The highest BCUT2D eigenvalue weighted by molar-refractivity contribution is 7.28. The number of benzene rings is 3. The summed E-state index contributed by atoms with van der Waals surface area (Å²) in [6.07, 6.45) is 0. The Morgan fingerprint density at radius 2 is 0.938 bits per heavy atom. The van der Waals surface area contributed by atoms with E-state index in [2.05, 4.69) is 111 Å². The van der Waals surface area contributed by atoms with E-state index in [0.29, 0.717) is 0 Å². The van der Waals surface area contributed by atoms with Crippen LogP contribution < -0.4 is 0 Å². The smallest absolute Gasteiger partial charge is 0.129 e. The minimum absolute atomic E-state index is 1.20. The van der Waals surface area contributed by atoms with E-state index in [-0.39, 0.29) is 0 Å². The third-order valence-electron chi connectivity index (χ3n) is 5.27. The van der Waals surface area contributed by atoms with E-state index in [1.807, 2.05) is 22.7 Å². The number of hydrogen-bond donors (Lipinski definition) is 0. The largest absolute Gasteiger partial charge is 0.134 e. The van der Waals surface area contributed by atoms with Crippen molar-refractivity contribution in [1.82, 2.24) is 0 Å². The number of hydrogen-bond acceptors (Lipinski definition) is 2. The third-order valence-corrected chi connectivity index (χ3v) is 9.40. The van der Waals surface area contributed by atoms with Crippen molar-refractivity contribution in [1.29, 1.82) is 0 Å². The molecule has 0 unspecified atom stereocenters. The second-order valence-electron chi connectivity index (χ2n) is 10.4. The van der Waals surface area contributed by atoms with Crippen LogP contribution in [0.15, 0.2) is 48.5 Å². The average Bonchev–Trinajstić information content (AvgIpc) is 3.28. The average molecular weight is 483 g/mol. The Balaban J connectivity index is 2.08. The molecule has 3 aromatic carbocycles. The summed E-state index contributed by atoms with van der Waals surface area (Å²) in [5, 5.41) is 5.22. The maximum Gasteiger partial charge on any atom is 0.129 e. The van der Waals surface area contributed by atoms with Crippen LogP contribution in [0.25, 0.3) is 40.3 Å². The van der Waals surface area contributed by atoms with E-state index >= 15 is 0 Å². The first kappa shape index (κ1) is 21.5. The van der Waals surface area contributed by atoms with Crippen LogP contribution in [0.2, 0.25) is 39.3 Å². The molecule has 0 atom stereocenters. The Kier molecular flexibility index (Phi) is 5.11. The van der Waals surface area contributed by atoms with Gasteiger partial charge in [0.15, 0.2) is 0 Å². The highest BCUT2D eigenvalue weighted by Crippen LogP contribution is 2.47. The Labute approximate surface area is 200 Å². The van der Waals surface area contributed by atoms with E-state index in [9.17, 15) is 0 Å². The normalized spacial score (nSPS) is 12.2. The first-order chi connectivity index (χ1) is 15.1. The fourth-order valence-corrected chi connectivity index (χ4v) is 7.34. The molecule has 2 heterocycles. The lowest BCUT2D eigenvalue weighted by atomic mass is 9.98. The number of thiophene rings is 2. The zero-order valence-corrected chi connectivity index (χ0v) is 23.1. The van der Waals surface area contributed by atoms with Gasteiger partial charge in [-0.3, -0.25) is 0 Å². The molecular formula is C28H26S2Si2. The van der Waals surface area contributed by atoms with Crippen molar-refractivity contribution in [2.75, 3.05) is 0 Å². The molecule has 5 rings (SSSR count). The maximum atomic E-state index is 3.70. The lowest BCUT2D eigenvalue weighted by Gasteiger charge is -2.08. The summed E-state index contributed by atoms with van der Waals surface area (Å²) >= 11 is 3.75. The van der Waals surface area contributed by atoms with Crippen LogP contribution in [-0.2, 0) is 0 Å². The Morgan fingerprint density at radius 3 is 1.31 bits per heavy atom. The second kappa shape index (κ2) is 7.61. The summed E-state index contributed by atoms with van der Waals surface area (Å²) in [6, 6.07) is 17.5. The van der Waals surface area contributed by atoms with Gasteiger partial charge in [0, 0.05) is 30.9 Å². The zero-order valence-electron chi connectivity index (χ0n) is 19.4. The molecule has 2 aromatic heterocycles. The zero-order chi connectivity index (χ0) is 22.7. The molecule has 0 bridgehead atoms. The van der Waals surface area contributed by atoms with Crippen molar-refractivity contribution in [2.24, 2.45) is 0 Å². The van der Waals surface area contributed by atoms with E-state index in [1.54, 1.807) is 0 Å². The molecule has 0 spiro atoms. The molecule has 0 radical (unpaired) electrons. The van der Waals surface area contributed by atoms with Gasteiger partial charge in [-0.25, -0.2) is 0 Å². The Bertz CT molecular complexity index is 1520. The van der Waals surface area contributed by atoms with Gasteiger partial charge in [-0.2, -0.15) is 0 Å². The van der Waals surface area contributed by atoms with Gasteiger partial charge in [-0.15, -0.1) is 33.8 Å². The van der Waals surface area contributed by atoms with Crippen LogP contribution in [0.1, 0.15) is 11.1 Å². The van der Waals surface area contributed by atoms with Gasteiger partial charge in [0.1, 0.15) is 16.1 Å². The van der Waals surface area contributed by atoms with Gasteiger partial charge in [0.2, 0.25) is 0 Å². The Hall–Kier alpha value is -2.35. The fraction of sp³-hybridized carbons (Fsp3) is 0.214. The van der Waals surface area contributed by atoms with Gasteiger partial charge in [0.05, 0.1) is 20.5 Å². The molecule has 0 nitrogen and oxygen atoms in total. The summed E-state index contributed by atoms with van der Waals surface area (Å²) < 4.78 is 5.23. The second-order valence-corrected chi connectivity index (χ2v) is 22.0. The van der Waals surface area contributed by atoms with Crippen molar-refractivity contribution in [3.8, 4) is 22.9 Å². The van der Waals surface area contributed by atoms with Crippen molar-refractivity contribution in [2.45, 2.75) is 39.3 Å². The van der Waals surface area contributed by atoms with E-state index < -0.39 is 16.1 Å². The van der Waals surface area contributed by atoms with Crippen LogP contribution >= 0.6 is 22.7 Å². The number of fused-ring (bicyclic) bond motifs is 6. The van der Waals surface area contributed by atoms with Gasteiger partial charge in [-0.05, 0) is 12.1 Å². The molecule has 4 heteroatoms. The van der Waals surface area contributed by atoms with Crippen molar-refractivity contribution in [3.63, 3.8) is 0 Å². The standard InChI is InChI=1S/C28H26S2Si2/c1-31(2,3)17-15-21-25-19-11-7-9-13-23(19)30-28(25)22(16-18-32(4,5)6)26-20-12-8-10-14-24(20)29-27(21)26/h7-14H,1-6H3. The molecule has 0 saturated heterocycles. The molecule has 0 aliphatic carbocycles. The minimum atomic E-state index is -1.53. The molecule has 5 aromatic rings. The molecule has 0 fully saturated rings. The van der Waals surface area contributed by atoms with E-state index in [0.717, 1.165) is 0 Å². The molecule has 158 valence electrons. The number of rotatable bonds is 0. The van der Waals surface area contributed by atoms with Crippen LogP contribution in [0, 0.1) is 22.9 Å². The first-order valence-corrected chi connectivity index (χ1v) is 19.6. The van der Waals surface area contributed by atoms with Crippen molar-refractivity contribution >= 4 is 79.2 Å². The highest BCUT2D eigenvalue weighted by Gasteiger charge is 2.21. The molecule has 0 N–H and O–H groups in total. The highest BCUT2D eigenvalue weighted by atomic mass is 32.1. The van der Waals surface area contributed by atoms with Crippen molar-refractivity contribution < 1.29 is 0 Å². The summed E-state index contributed by atoms with van der Waals surface area (Å²) in [5.74, 6) is 7.40. The van der Waals surface area contributed by atoms with E-state index in [1.165, 1.54) is 51.5 Å². The molecule has 0 aliphatic heterocycles. The van der Waals surface area contributed by atoms with Gasteiger partial charge in [0.25, 0.3) is 0 Å². The van der Waals surface area contributed by atoms with Crippen molar-refractivity contribution in [3.05, 3.63) is 59.7 Å². The lowest BCUT2D eigenvalue weighted by molar-refractivity contribution is 1.80. The topological polar surface area (TPSA) is 0 Å². The Morgan fingerprint density at radius 1 is 0.562 bits per heavy atom. The third kappa shape index (κ3) is 3.83. The van der Waals surface area contributed by atoms with Gasteiger partial charge < -0.3 is 0 Å². The van der Waals surface area contributed by atoms with Gasteiger partial charge >= 0.3 is 0 Å².